The minimum absolute atomic E-state index is 0.0186. The van der Waals surface area contributed by atoms with Crippen LogP contribution in [-0.2, 0) is 19.6 Å². The van der Waals surface area contributed by atoms with Crippen LogP contribution in [0.2, 0.25) is 0 Å². The first-order valence-corrected chi connectivity index (χ1v) is 8.78. The van der Waals surface area contributed by atoms with Crippen molar-refractivity contribution < 1.29 is 22.7 Å². The van der Waals surface area contributed by atoms with Crippen LogP contribution >= 0.6 is 0 Å². The molecule has 2 aromatic carbocycles. The summed E-state index contributed by atoms with van der Waals surface area (Å²) in [5.74, 6) is -0.666. The molecule has 132 valence electrons. The van der Waals surface area contributed by atoms with Crippen LogP contribution in [0.3, 0.4) is 0 Å². The van der Waals surface area contributed by atoms with Crippen LogP contribution in [0.5, 0.6) is 0 Å². The summed E-state index contributed by atoms with van der Waals surface area (Å²) in [5, 5.41) is 0. The van der Waals surface area contributed by atoms with Crippen molar-refractivity contribution in [1.29, 1.82) is 0 Å². The minimum Gasteiger partial charge on any atom is -0.465 e. The van der Waals surface area contributed by atoms with E-state index in [1.54, 1.807) is 31.3 Å². The third kappa shape index (κ3) is 4.36. The maximum Gasteiger partial charge on any atom is 0.337 e. The van der Waals surface area contributed by atoms with Crippen molar-refractivity contribution in [2.45, 2.75) is 11.8 Å². The van der Waals surface area contributed by atoms with Crippen molar-refractivity contribution in [1.82, 2.24) is 0 Å². The van der Waals surface area contributed by atoms with Crippen molar-refractivity contribution in [3.63, 3.8) is 0 Å². The Morgan fingerprint density at radius 3 is 2.04 bits per heavy atom. The highest BCUT2D eigenvalue weighted by molar-refractivity contribution is 7.92. The lowest BCUT2D eigenvalue weighted by Gasteiger charge is -2.15. The van der Waals surface area contributed by atoms with E-state index in [9.17, 15) is 18.0 Å². The summed E-state index contributed by atoms with van der Waals surface area (Å²) in [6.45, 7) is 1.44. The number of hydrogen-bond donors (Lipinski definition) is 1. The SMILES string of the molecule is COC(=O)c1ccc(S(=O)(=O)Nc2ccc(N(C)C(C)=O)cc2)cc1. The first-order valence-electron chi connectivity index (χ1n) is 7.30. The molecule has 0 spiro atoms. The standard InChI is InChI=1S/C17H18N2O5S/c1-12(20)19(2)15-8-6-14(7-9-15)18-25(22,23)16-10-4-13(5-11-16)17(21)24-3/h4-11,18H,1-3H3. The summed E-state index contributed by atoms with van der Waals surface area (Å²) < 4.78 is 31.8. The Balaban J connectivity index is 2.18. The van der Waals surface area contributed by atoms with E-state index in [1.807, 2.05) is 0 Å². The zero-order valence-electron chi connectivity index (χ0n) is 14.0. The van der Waals surface area contributed by atoms with Gasteiger partial charge >= 0.3 is 5.97 Å². The normalized spacial score (nSPS) is 10.8. The van der Waals surface area contributed by atoms with Gasteiger partial charge in [-0.05, 0) is 48.5 Å². The fourth-order valence-corrected chi connectivity index (χ4v) is 3.10. The Labute approximate surface area is 146 Å². The molecular weight excluding hydrogens is 344 g/mol. The number of ether oxygens (including phenoxy) is 1. The van der Waals surface area contributed by atoms with E-state index < -0.39 is 16.0 Å². The lowest BCUT2D eigenvalue weighted by molar-refractivity contribution is -0.116. The van der Waals surface area contributed by atoms with Crippen LogP contribution in [0.1, 0.15) is 17.3 Å². The Morgan fingerprint density at radius 2 is 1.56 bits per heavy atom. The third-order valence-corrected chi connectivity index (χ3v) is 4.96. The molecule has 0 aromatic heterocycles. The van der Waals surface area contributed by atoms with Crippen LogP contribution in [0.15, 0.2) is 53.4 Å². The molecule has 8 heteroatoms. The second-order valence-corrected chi connectivity index (χ2v) is 6.93. The molecular formula is C17H18N2O5S. The number of carbonyl (C=O) groups excluding carboxylic acids is 2. The third-order valence-electron chi connectivity index (χ3n) is 3.56. The summed E-state index contributed by atoms with van der Waals surface area (Å²) in [6, 6.07) is 11.8. The zero-order valence-corrected chi connectivity index (χ0v) is 14.8. The lowest BCUT2D eigenvalue weighted by Crippen LogP contribution is -2.22. The number of rotatable bonds is 5. The smallest absolute Gasteiger partial charge is 0.337 e. The highest BCUT2D eigenvalue weighted by Crippen LogP contribution is 2.20. The molecule has 1 amide bonds. The summed E-state index contributed by atoms with van der Waals surface area (Å²) in [7, 11) is -0.914. The number of nitrogens with zero attached hydrogens (tertiary/aromatic N) is 1. The van der Waals surface area contributed by atoms with Crippen LogP contribution in [0.25, 0.3) is 0 Å². The van der Waals surface area contributed by atoms with Crippen molar-refractivity contribution in [2.24, 2.45) is 0 Å². The van der Waals surface area contributed by atoms with Gasteiger partial charge in [0.05, 0.1) is 17.6 Å². The molecule has 1 N–H and O–H groups in total. The number of carbonyl (C=O) groups is 2. The van der Waals surface area contributed by atoms with Gasteiger partial charge in [-0.3, -0.25) is 9.52 Å². The Morgan fingerprint density at radius 1 is 1.00 bits per heavy atom. The average molecular weight is 362 g/mol. The highest BCUT2D eigenvalue weighted by Gasteiger charge is 2.16. The number of amides is 1. The number of sulfonamides is 1. The van der Waals surface area contributed by atoms with Crippen LogP contribution in [0.4, 0.5) is 11.4 Å². The van der Waals surface area contributed by atoms with Gasteiger partial charge in [0.25, 0.3) is 10.0 Å². The summed E-state index contributed by atoms with van der Waals surface area (Å²) >= 11 is 0. The molecule has 2 rings (SSSR count). The Bertz CT molecular complexity index is 874. The molecule has 0 atom stereocenters. The van der Waals surface area contributed by atoms with Crippen LogP contribution < -0.4 is 9.62 Å². The molecule has 7 nitrogen and oxygen atoms in total. The van der Waals surface area contributed by atoms with Gasteiger partial charge in [0, 0.05) is 25.3 Å². The van der Waals surface area contributed by atoms with Crippen LogP contribution in [-0.4, -0.2) is 34.5 Å². The second-order valence-electron chi connectivity index (χ2n) is 5.25. The molecule has 0 aliphatic heterocycles. The van der Waals surface area contributed by atoms with E-state index in [-0.39, 0.29) is 16.4 Å². The Kier molecular flexibility index (Phi) is 5.43. The quantitative estimate of drug-likeness (QED) is 0.824. The monoisotopic (exact) mass is 362 g/mol. The molecule has 0 aliphatic rings. The molecule has 0 saturated heterocycles. The molecule has 0 fully saturated rings. The fourth-order valence-electron chi connectivity index (χ4n) is 2.04. The van der Waals surface area contributed by atoms with E-state index in [2.05, 4.69) is 9.46 Å². The van der Waals surface area contributed by atoms with Crippen molar-refractivity contribution >= 4 is 33.3 Å². The van der Waals surface area contributed by atoms with Gasteiger partial charge in [0.15, 0.2) is 0 Å². The topological polar surface area (TPSA) is 92.8 Å². The van der Waals surface area contributed by atoms with E-state index in [1.165, 1.54) is 43.2 Å². The fraction of sp³-hybridized carbons (Fsp3) is 0.176. The molecule has 0 heterocycles. The number of anilines is 2. The summed E-state index contributed by atoms with van der Waals surface area (Å²) in [4.78, 5) is 24.2. The maximum absolute atomic E-state index is 12.4. The largest absolute Gasteiger partial charge is 0.465 e. The predicted octanol–water partition coefficient (Wildman–Crippen LogP) is 2.26. The molecule has 0 saturated carbocycles. The first kappa shape index (κ1) is 18.5. The number of methoxy groups -OCH3 is 1. The molecule has 0 radical (unpaired) electrons. The number of esters is 1. The molecule has 2 aromatic rings. The first-order chi connectivity index (χ1) is 11.7. The van der Waals surface area contributed by atoms with Crippen molar-refractivity contribution in [3.8, 4) is 0 Å². The summed E-state index contributed by atoms with van der Waals surface area (Å²) in [5.41, 5.74) is 1.27. The zero-order chi connectivity index (χ0) is 18.6. The molecule has 0 bridgehead atoms. The highest BCUT2D eigenvalue weighted by atomic mass is 32.2. The lowest BCUT2D eigenvalue weighted by atomic mass is 10.2. The number of nitrogens with one attached hydrogen (secondary N) is 1. The summed E-state index contributed by atoms with van der Waals surface area (Å²) in [6.07, 6.45) is 0. The van der Waals surface area contributed by atoms with Crippen molar-refractivity contribution in [2.75, 3.05) is 23.8 Å². The van der Waals surface area contributed by atoms with Gasteiger partial charge in [0.2, 0.25) is 5.91 Å². The molecule has 0 unspecified atom stereocenters. The van der Waals surface area contributed by atoms with E-state index in [0.29, 0.717) is 11.4 Å². The van der Waals surface area contributed by atoms with Gasteiger partial charge in [-0.1, -0.05) is 0 Å². The van der Waals surface area contributed by atoms with E-state index in [4.69, 9.17) is 0 Å². The van der Waals surface area contributed by atoms with Gasteiger partial charge < -0.3 is 9.64 Å². The van der Waals surface area contributed by atoms with E-state index in [0.717, 1.165) is 0 Å². The van der Waals surface area contributed by atoms with Gasteiger partial charge in [-0.25, -0.2) is 13.2 Å². The number of hydrogen-bond acceptors (Lipinski definition) is 5. The molecule has 25 heavy (non-hydrogen) atoms. The second kappa shape index (κ2) is 7.35. The van der Waals surface area contributed by atoms with E-state index >= 15 is 0 Å². The van der Waals surface area contributed by atoms with Gasteiger partial charge in [-0.2, -0.15) is 0 Å². The van der Waals surface area contributed by atoms with Gasteiger partial charge in [0.1, 0.15) is 0 Å². The minimum atomic E-state index is -3.79. The Hall–Kier alpha value is -2.87. The molecule has 0 aliphatic carbocycles. The van der Waals surface area contributed by atoms with Crippen molar-refractivity contribution in [3.05, 3.63) is 54.1 Å². The van der Waals surface area contributed by atoms with Gasteiger partial charge in [-0.15, -0.1) is 0 Å². The number of benzene rings is 2. The predicted molar refractivity (Wildman–Crippen MR) is 94.1 cm³/mol. The van der Waals surface area contributed by atoms with Crippen LogP contribution in [0, 0.1) is 0 Å². The maximum atomic E-state index is 12.4. The average Bonchev–Trinajstić information content (AvgIpc) is 2.60.